The summed E-state index contributed by atoms with van der Waals surface area (Å²) in [7, 11) is 1.68. The van der Waals surface area contributed by atoms with Gasteiger partial charge in [-0.1, -0.05) is 18.2 Å². The van der Waals surface area contributed by atoms with Gasteiger partial charge in [-0.25, -0.2) is 0 Å². The Hall–Kier alpha value is -1.55. The van der Waals surface area contributed by atoms with Gasteiger partial charge in [0.25, 0.3) is 0 Å². The standard InChI is InChI=1S/C13H17NO3/c1-14-13(12(15)16,10-7-8-10)9-17-11-5-3-2-4-6-11/h2-6,10,14H,7-9H2,1H3,(H,15,16). The van der Waals surface area contributed by atoms with Gasteiger partial charge in [0.2, 0.25) is 0 Å². The van der Waals surface area contributed by atoms with E-state index < -0.39 is 11.5 Å². The summed E-state index contributed by atoms with van der Waals surface area (Å²) in [5.74, 6) is 0.0427. The van der Waals surface area contributed by atoms with E-state index in [1.165, 1.54) is 0 Å². The highest BCUT2D eigenvalue weighted by Gasteiger charge is 2.51. The number of likely N-dealkylation sites (N-methyl/N-ethyl adjacent to an activating group) is 1. The van der Waals surface area contributed by atoms with Gasteiger partial charge in [-0.2, -0.15) is 0 Å². The van der Waals surface area contributed by atoms with Crippen molar-refractivity contribution in [2.45, 2.75) is 18.4 Å². The zero-order valence-corrected chi connectivity index (χ0v) is 9.85. The molecule has 17 heavy (non-hydrogen) atoms. The molecule has 0 aliphatic heterocycles. The van der Waals surface area contributed by atoms with Crippen molar-refractivity contribution in [2.24, 2.45) is 5.92 Å². The number of ether oxygens (including phenoxy) is 1. The van der Waals surface area contributed by atoms with Gasteiger partial charge in [-0.3, -0.25) is 4.79 Å². The molecule has 1 unspecified atom stereocenters. The van der Waals surface area contributed by atoms with E-state index in [4.69, 9.17) is 4.74 Å². The van der Waals surface area contributed by atoms with E-state index in [2.05, 4.69) is 5.32 Å². The number of para-hydroxylation sites is 1. The summed E-state index contributed by atoms with van der Waals surface area (Å²) < 4.78 is 5.58. The molecule has 1 aromatic rings. The van der Waals surface area contributed by atoms with Crippen LogP contribution >= 0.6 is 0 Å². The molecule has 2 rings (SSSR count). The van der Waals surface area contributed by atoms with Crippen LogP contribution in [0.1, 0.15) is 12.8 Å². The Morgan fingerprint density at radius 2 is 2.12 bits per heavy atom. The van der Waals surface area contributed by atoms with Gasteiger partial charge in [-0.15, -0.1) is 0 Å². The Morgan fingerprint density at radius 1 is 1.47 bits per heavy atom. The van der Waals surface area contributed by atoms with Gasteiger partial charge >= 0.3 is 5.97 Å². The Morgan fingerprint density at radius 3 is 2.59 bits per heavy atom. The third kappa shape index (κ3) is 2.42. The number of benzene rings is 1. The van der Waals surface area contributed by atoms with Crippen LogP contribution in [0.5, 0.6) is 5.75 Å². The lowest BCUT2D eigenvalue weighted by molar-refractivity contribution is -0.147. The quantitative estimate of drug-likeness (QED) is 0.785. The monoisotopic (exact) mass is 235 g/mol. The van der Waals surface area contributed by atoms with E-state index in [1.807, 2.05) is 30.3 Å². The van der Waals surface area contributed by atoms with Crippen molar-refractivity contribution in [1.82, 2.24) is 5.32 Å². The molecule has 0 saturated heterocycles. The number of carbonyl (C=O) groups is 1. The second-order valence-electron chi connectivity index (χ2n) is 4.40. The third-order valence-corrected chi connectivity index (χ3v) is 3.31. The predicted octanol–water partition coefficient (Wildman–Crippen LogP) is 1.52. The lowest BCUT2D eigenvalue weighted by Gasteiger charge is -2.28. The summed E-state index contributed by atoms with van der Waals surface area (Å²) >= 11 is 0. The molecule has 0 bridgehead atoms. The first-order valence-corrected chi connectivity index (χ1v) is 5.79. The van der Waals surface area contributed by atoms with Gasteiger partial charge in [0.1, 0.15) is 12.4 Å². The van der Waals surface area contributed by atoms with Gasteiger partial charge < -0.3 is 15.2 Å². The molecule has 0 radical (unpaired) electrons. The van der Waals surface area contributed by atoms with Gasteiger partial charge in [0, 0.05) is 0 Å². The topological polar surface area (TPSA) is 58.6 Å². The van der Waals surface area contributed by atoms with Crippen molar-refractivity contribution in [2.75, 3.05) is 13.7 Å². The Labute approximate surface area is 101 Å². The molecule has 0 amide bonds. The van der Waals surface area contributed by atoms with Crippen molar-refractivity contribution < 1.29 is 14.6 Å². The van der Waals surface area contributed by atoms with E-state index in [9.17, 15) is 9.90 Å². The number of aliphatic carboxylic acids is 1. The number of carboxylic acid groups (broad SMARTS) is 1. The highest BCUT2D eigenvalue weighted by molar-refractivity contribution is 5.80. The van der Waals surface area contributed by atoms with E-state index in [1.54, 1.807) is 7.05 Å². The van der Waals surface area contributed by atoms with Crippen LogP contribution in [-0.2, 0) is 4.79 Å². The van der Waals surface area contributed by atoms with Crippen LogP contribution in [0, 0.1) is 5.92 Å². The molecule has 92 valence electrons. The normalized spacial score (nSPS) is 18.4. The molecule has 1 fully saturated rings. The van der Waals surface area contributed by atoms with Crippen LogP contribution < -0.4 is 10.1 Å². The lowest BCUT2D eigenvalue weighted by atomic mass is 9.94. The fourth-order valence-corrected chi connectivity index (χ4v) is 2.03. The molecule has 1 saturated carbocycles. The van der Waals surface area contributed by atoms with Crippen LogP contribution in [0.4, 0.5) is 0 Å². The van der Waals surface area contributed by atoms with Gasteiger partial charge in [0.15, 0.2) is 5.54 Å². The molecule has 1 aliphatic carbocycles. The zero-order valence-electron chi connectivity index (χ0n) is 9.85. The average molecular weight is 235 g/mol. The lowest BCUT2D eigenvalue weighted by Crippen LogP contribution is -2.56. The Kier molecular flexibility index (Phi) is 3.33. The van der Waals surface area contributed by atoms with Crippen LogP contribution in [0.25, 0.3) is 0 Å². The summed E-state index contributed by atoms with van der Waals surface area (Å²) in [4.78, 5) is 11.4. The highest BCUT2D eigenvalue weighted by atomic mass is 16.5. The molecule has 1 aliphatic rings. The first-order chi connectivity index (χ1) is 8.19. The number of rotatable bonds is 6. The van der Waals surface area contributed by atoms with Gasteiger partial charge in [-0.05, 0) is 37.9 Å². The molecular formula is C13H17NO3. The van der Waals surface area contributed by atoms with Crippen LogP contribution in [0.2, 0.25) is 0 Å². The van der Waals surface area contributed by atoms with Crippen molar-refractivity contribution in [3.8, 4) is 5.75 Å². The highest BCUT2D eigenvalue weighted by Crippen LogP contribution is 2.40. The fourth-order valence-electron chi connectivity index (χ4n) is 2.03. The zero-order chi connectivity index (χ0) is 12.3. The van der Waals surface area contributed by atoms with Crippen molar-refractivity contribution >= 4 is 5.97 Å². The third-order valence-electron chi connectivity index (χ3n) is 3.31. The maximum absolute atomic E-state index is 11.4. The summed E-state index contributed by atoms with van der Waals surface area (Å²) in [6.07, 6.45) is 1.90. The molecule has 4 heteroatoms. The summed E-state index contributed by atoms with van der Waals surface area (Å²) in [5, 5.41) is 12.3. The van der Waals surface area contributed by atoms with Crippen LogP contribution in [0.15, 0.2) is 30.3 Å². The molecular weight excluding hydrogens is 218 g/mol. The first-order valence-electron chi connectivity index (χ1n) is 5.79. The average Bonchev–Trinajstić information content (AvgIpc) is 3.16. The second-order valence-corrected chi connectivity index (χ2v) is 4.40. The van der Waals surface area contributed by atoms with E-state index in [0.29, 0.717) is 5.75 Å². The maximum Gasteiger partial charge on any atom is 0.327 e. The molecule has 0 spiro atoms. The predicted molar refractivity (Wildman–Crippen MR) is 64.1 cm³/mol. The maximum atomic E-state index is 11.4. The molecule has 2 N–H and O–H groups in total. The minimum atomic E-state index is -0.949. The largest absolute Gasteiger partial charge is 0.491 e. The first kappa shape index (κ1) is 11.9. The van der Waals surface area contributed by atoms with E-state index >= 15 is 0 Å². The molecule has 1 aromatic carbocycles. The Bertz CT molecular complexity index is 389. The number of hydrogen-bond donors (Lipinski definition) is 2. The van der Waals surface area contributed by atoms with Crippen molar-refractivity contribution in [3.63, 3.8) is 0 Å². The SMILES string of the molecule is CNC(COc1ccccc1)(C(=O)O)C1CC1. The Balaban J connectivity index is 2.06. The van der Waals surface area contributed by atoms with Crippen LogP contribution in [0.3, 0.4) is 0 Å². The summed E-state index contributed by atoms with van der Waals surface area (Å²) in [5.41, 5.74) is -0.949. The number of hydrogen-bond acceptors (Lipinski definition) is 3. The van der Waals surface area contributed by atoms with Gasteiger partial charge in [0.05, 0.1) is 0 Å². The summed E-state index contributed by atoms with van der Waals surface area (Å²) in [6.45, 7) is 0.160. The minimum absolute atomic E-state index is 0.160. The molecule has 4 nitrogen and oxygen atoms in total. The molecule has 0 heterocycles. The molecule has 0 aromatic heterocycles. The fraction of sp³-hybridized carbons (Fsp3) is 0.462. The van der Waals surface area contributed by atoms with Crippen LogP contribution in [-0.4, -0.2) is 30.3 Å². The van der Waals surface area contributed by atoms with E-state index in [0.717, 1.165) is 12.8 Å². The minimum Gasteiger partial charge on any atom is -0.491 e. The molecule has 1 atom stereocenters. The second kappa shape index (κ2) is 4.75. The van der Waals surface area contributed by atoms with Crippen molar-refractivity contribution in [3.05, 3.63) is 30.3 Å². The smallest absolute Gasteiger partial charge is 0.327 e. The summed E-state index contributed by atoms with van der Waals surface area (Å²) in [6, 6.07) is 9.29. The van der Waals surface area contributed by atoms with Crippen molar-refractivity contribution in [1.29, 1.82) is 0 Å². The van der Waals surface area contributed by atoms with E-state index in [-0.39, 0.29) is 12.5 Å². The number of carboxylic acids is 1. The number of nitrogens with one attached hydrogen (secondary N) is 1.